The molecule has 1 fully saturated rings. The van der Waals surface area contributed by atoms with E-state index >= 15 is 0 Å². The molecule has 0 radical (unpaired) electrons. The molecule has 2 heterocycles. The Morgan fingerprint density at radius 3 is 3.09 bits per heavy atom. The first kappa shape index (κ1) is 14.7. The summed E-state index contributed by atoms with van der Waals surface area (Å²) in [6, 6.07) is 9.60. The molecule has 0 spiro atoms. The molecule has 1 amide bonds. The Morgan fingerprint density at radius 2 is 2.32 bits per heavy atom. The predicted octanol–water partition coefficient (Wildman–Crippen LogP) is 2.23. The zero-order valence-corrected chi connectivity index (χ0v) is 12.4. The molecule has 1 aromatic heterocycles. The molecule has 3 rings (SSSR count). The van der Waals surface area contributed by atoms with Gasteiger partial charge < -0.3 is 19.8 Å². The van der Waals surface area contributed by atoms with Crippen LogP contribution in [0.2, 0.25) is 0 Å². The van der Waals surface area contributed by atoms with Crippen LogP contribution in [-0.4, -0.2) is 18.5 Å². The molecule has 116 valence electrons. The molecule has 1 aliphatic rings. The molecule has 1 aliphatic heterocycles. The van der Waals surface area contributed by atoms with Crippen LogP contribution in [-0.2, 0) is 17.9 Å². The highest BCUT2D eigenvalue weighted by atomic mass is 16.5. The van der Waals surface area contributed by atoms with Crippen molar-refractivity contribution in [3.63, 3.8) is 0 Å². The minimum Gasteiger partial charge on any atom is -0.489 e. The number of rotatable bonds is 6. The van der Waals surface area contributed by atoms with Gasteiger partial charge in [-0.05, 0) is 43.1 Å². The summed E-state index contributed by atoms with van der Waals surface area (Å²) in [6.45, 7) is 1.91. The molecule has 5 nitrogen and oxygen atoms in total. The Hall–Kier alpha value is -2.27. The van der Waals surface area contributed by atoms with E-state index in [-0.39, 0.29) is 11.9 Å². The Balaban J connectivity index is 1.51. The number of carbonyl (C=O) groups excluding carboxylic acids is 1. The van der Waals surface area contributed by atoms with Gasteiger partial charge in [-0.15, -0.1) is 0 Å². The number of hydrogen-bond donors (Lipinski definition) is 2. The molecule has 0 saturated carbocycles. The molecule has 2 aromatic rings. The summed E-state index contributed by atoms with van der Waals surface area (Å²) in [5.74, 6) is 0.856. The van der Waals surface area contributed by atoms with Gasteiger partial charge in [-0.3, -0.25) is 4.79 Å². The normalized spacial score (nSPS) is 17.4. The van der Waals surface area contributed by atoms with Crippen LogP contribution in [0.15, 0.2) is 47.3 Å². The molecule has 1 saturated heterocycles. The van der Waals surface area contributed by atoms with E-state index in [1.54, 1.807) is 12.5 Å². The first-order valence-electron chi connectivity index (χ1n) is 7.55. The van der Waals surface area contributed by atoms with Gasteiger partial charge in [0.1, 0.15) is 12.4 Å². The molecule has 0 unspecified atom stereocenters. The summed E-state index contributed by atoms with van der Waals surface area (Å²) in [6.07, 6.45) is 5.27. The highest BCUT2D eigenvalue weighted by Crippen LogP contribution is 2.15. The van der Waals surface area contributed by atoms with Crippen LogP contribution in [0.25, 0.3) is 0 Å². The van der Waals surface area contributed by atoms with E-state index in [2.05, 4.69) is 10.6 Å². The average molecular weight is 300 g/mol. The summed E-state index contributed by atoms with van der Waals surface area (Å²) >= 11 is 0. The van der Waals surface area contributed by atoms with E-state index in [4.69, 9.17) is 9.15 Å². The fourth-order valence-electron chi connectivity index (χ4n) is 2.51. The van der Waals surface area contributed by atoms with Crippen molar-refractivity contribution < 1.29 is 13.9 Å². The van der Waals surface area contributed by atoms with Crippen molar-refractivity contribution in [1.29, 1.82) is 0 Å². The lowest BCUT2D eigenvalue weighted by Crippen LogP contribution is -2.39. The topological polar surface area (TPSA) is 63.5 Å². The second-order valence-corrected chi connectivity index (χ2v) is 5.43. The molecule has 22 heavy (non-hydrogen) atoms. The number of ether oxygens (including phenoxy) is 1. The summed E-state index contributed by atoms with van der Waals surface area (Å²) in [5.41, 5.74) is 2.02. The van der Waals surface area contributed by atoms with Gasteiger partial charge in [-0.25, -0.2) is 0 Å². The molecule has 1 atom stereocenters. The van der Waals surface area contributed by atoms with Crippen molar-refractivity contribution in [2.75, 3.05) is 6.54 Å². The zero-order valence-electron chi connectivity index (χ0n) is 12.4. The van der Waals surface area contributed by atoms with Crippen LogP contribution in [0.5, 0.6) is 5.75 Å². The Bertz CT molecular complexity index is 604. The largest absolute Gasteiger partial charge is 0.489 e. The average Bonchev–Trinajstić information content (AvgIpc) is 3.24. The lowest BCUT2D eigenvalue weighted by molar-refractivity contribution is -0.122. The third-order valence-electron chi connectivity index (χ3n) is 3.73. The van der Waals surface area contributed by atoms with Crippen molar-refractivity contribution in [3.8, 4) is 5.75 Å². The van der Waals surface area contributed by atoms with Gasteiger partial charge in [0, 0.05) is 12.1 Å². The number of carbonyl (C=O) groups is 1. The van der Waals surface area contributed by atoms with Crippen molar-refractivity contribution in [2.24, 2.45) is 0 Å². The van der Waals surface area contributed by atoms with Crippen molar-refractivity contribution in [2.45, 2.75) is 32.0 Å². The lowest BCUT2D eigenvalue weighted by Gasteiger charge is -2.12. The van der Waals surface area contributed by atoms with Crippen molar-refractivity contribution in [3.05, 3.63) is 54.0 Å². The monoisotopic (exact) mass is 300 g/mol. The Labute approximate surface area is 129 Å². The molecular formula is C17H20N2O3. The van der Waals surface area contributed by atoms with Gasteiger partial charge in [0.05, 0.1) is 18.6 Å². The van der Waals surface area contributed by atoms with E-state index < -0.39 is 0 Å². The van der Waals surface area contributed by atoms with Gasteiger partial charge in [-0.1, -0.05) is 12.1 Å². The van der Waals surface area contributed by atoms with E-state index in [9.17, 15) is 4.79 Å². The van der Waals surface area contributed by atoms with Gasteiger partial charge in [0.2, 0.25) is 5.91 Å². The third kappa shape index (κ3) is 3.89. The second-order valence-electron chi connectivity index (χ2n) is 5.43. The van der Waals surface area contributed by atoms with E-state index in [1.807, 2.05) is 30.3 Å². The number of amides is 1. The van der Waals surface area contributed by atoms with Crippen LogP contribution in [0.3, 0.4) is 0 Å². The van der Waals surface area contributed by atoms with Gasteiger partial charge in [-0.2, -0.15) is 0 Å². The molecule has 2 N–H and O–H groups in total. The van der Waals surface area contributed by atoms with E-state index in [0.29, 0.717) is 13.2 Å². The maximum absolute atomic E-state index is 12.0. The zero-order chi connectivity index (χ0) is 15.2. The first-order chi connectivity index (χ1) is 10.8. The minimum absolute atomic E-state index is 0.0412. The van der Waals surface area contributed by atoms with Crippen LogP contribution in [0.4, 0.5) is 0 Å². The fraction of sp³-hybridized carbons (Fsp3) is 0.353. The summed E-state index contributed by atoms with van der Waals surface area (Å²) in [4.78, 5) is 12.0. The standard InChI is InChI=1S/C17H20N2O3/c20-17(16-5-2-7-18-16)19-10-13-3-1-4-15(9-13)22-12-14-6-8-21-11-14/h1,3-4,6,8-9,11,16,18H,2,5,7,10,12H2,(H,19,20)/t16-/m0/s1. The molecule has 5 heteroatoms. The fourth-order valence-corrected chi connectivity index (χ4v) is 2.51. The Kier molecular flexibility index (Phi) is 4.75. The molecule has 0 bridgehead atoms. The van der Waals surface area contributed by atoms with Gasteiger partial charge in [0.25, 0.3) is 0 Å². The summed E-state index contributed by atoms with van der Waals surface area (Å²) in [5, 5.41) is 6.16. The SMILES string of the molecule is O=C(NCc1cccc(OCc2ccoc2)c1)[C@@H]1CCCN1. The molecular weight excluding hydrogens is 280 g/mol. The number of nitrogens with one attached hydrogen (secondary N) is 2. The number of benzene rings is 1. The third-order valence-corrected chi connectivity index (χ3v) is 3.73. The van der Waals surface area contributed by atoms with Crippen molar-refractivity contribution >= 4 is 5.91 Å². The number of hydrogen-bond acceptors (Lipinski definition) is 4. The minimum atomic E-state index is -0.0412. The molecule has 0 aliphatic carbocycles. The molecule has 1 aromatic carbocycles. The predicted molar refractivity (Wildman–Crippen MR) is 82.4 cm³/mol. The van der Waals surface area contributed by atoms with Crippen LogP contribution in [0, 0.1) is 0 Å². The van der Waals surface area contributed by atoms with Gasteiger partial charge >= 0.3 is 0 Å². The van der Waals surface area contributed by atoms with Crippen molar-refractivity contribution in [1.82, 2.24) is 10.6 Å². The second kappa shape index (κ2) is 7.13. The van der Waals surface area contributed by atoms with Gasteiger partial charge in [0.15, 0.2) is 0 Å². The lowest BCUT2D eigenvalue weighted by atomic mass is 10.2. The Morgan fingerprint density at radius 1 is 1.36 bits per heavy atom. The quantitative estimate of drug-likeness (QED) is 0.858. The highest BCUT2D eigenvalue weighted by molar-refractivity contribution is 5.81. The highest BCUT2D eigenvalue weighted by Gasteiger charge is 2.21. The van der Waals surface area contributed by atoms with E-state index in [0.717, 1.165) is 36.3 Å². The van der Waals surface area contributed by atoms with Crippen LogP contribution >= 0.6 is 0 Å². The number of furan rings is 1. The summed E-state index contributed by atoms with van der Waals surface area (Å²) < 4.78 is 10.7. The van der Waals surface area contributed by atoms with Crippen LogP contribution in [0.1, 0.15) is 24.0 Å². The maximum Gasteiger partial charge on any atom is 0.237 e. The maximum atomic E-state index is 12.0. The first-order valence-corrected chi connectivity index (χ1v) is 7.55. The van der Waals surface area contributed by atoms with Crippen LogP contribution < -0.4 is 15.4 Å². The van der Waals surface area contributed by atoms with E-state index in [1.165, 1.54) is 0 Å². The smallest absolute Gasteiger partial charge is 0.237 e. The summed E-state index contributed by atoms with van der Waals surface area (Å²) in [7, 11) is 0.